The lowest BCUT2D eigenvalue weighted by molar-refractivity contribution is 0.669. The number of aromatic nitrogens is 5. The molecule has 7 aromatic carbocycles. The third kappa shape index (κ3) is 5.52. The number of hydrogen-bond donors (Lipinski definition) is 0. The Labute approximate surface area is 325 Å². The average molecular weight is 736 g/mol. The summed E-state index contributed by atoms with van der Waals surface area (Å²) in [6.45, 7) is 0. The lowest BCUT2D eigenvalue weighted by Gasteiger charge is -2.09. The molecule has 0 N–H and O–H groups in total. The second-order valence-corrected chi connectivity index (χ2v) is 14.7. The van der Waals surface area contributed by atoms with E-state index in [4.69, 9.17) is 29.3 Å². The van der Waals surface area contributed by atoms with Crippen molar-refractivity contribution >= 4 is 53.6 Å². The first-order chi connectivity index (χ1) is 27.7. The van der Waals surface area contributed by atoms with Gasteiger partial charge < -0.3 is 4.42 Å². The molecule has 6 nitrogen and oxygen atoms in total. The highest BCUT2D eigenvalue weighted by Crippen LogP contribution is 2.42. The van der Waals surface area contributed by atoms with Gasteiger partial charge in [-0.15, -0.1) is 11.3 Å². The largest absolute Gasteiger partial charge is 0.456 e. The monoisotopic (exact) mass is 735 g/mol. The van der Waals surface area contributed by atoms with Crippen LogP contribution in [0.5, 0.6) is 0 Å². The molecule has 0 aliphatic heterocycles. The van der Waals surface area contributed by atoms with Crippen LogP contribution in [0.4, 0.5) is 0 Å². The van der Waals surface area contributed by atoms with Crippen LogP contribution in [0, 0.1) is 0 Å². The highest BCUT2D eigenvalue weighted by atomic mass is 32.1. The smallest absolute Gasteiger partial charge is 0.164 e. The number of benzene rings is 7. The van der Waals surface area contributed by atoms with Gasteiger partial charge in [0.15, 0.2) is 23.3 Å². The molecule has 0 aliphatic rings. The molecule has 11 rings (SSSR count). The minimum absolute atomic E-state index is 0.589. The minimum Gasteiger partial charge on any atom is -0.456 e. The molecule has 11 aromatic rings. The van der Waals surface area contributed by atoms with Crippen LogP contribution in [0.2, 0.25) is 0 Å². The molecule has 0 aliphatic carbocycles. The normalized spacial score (nSPS) is 11.6. The summed E-state index contributed by atoms with van der Waals surface area (Å²) in [5.74, 6) is 2.53. The van der Waals surface area contributed by atoms with E-state index in [1.54, 1.807) is 11.3 Å². The predicted octanol–water partition coefficient (Wildman–Crippen LogP) is 12.9. The molecule has 0 radical (unpaired) electrons. The standard InChI is InChI=1S/C49H29N5OS/c1-5-14-30(15-6-1)43-45-44(51-46(50-43)31-16-7-2-8-17-31)38-29-35(25-27-41(38)56-45)34-24-26-39-37(28-34)42-36(22-13-23-40(42)55-39)49-53-47(32-18-9-3-10-19-32)52-48(54-49)33-20-11-4-12-21-33/h1-29H. The van der Waals surface area contributed by atoms with Crippen LogP contribution in [-0.2, 0) is 0 Å². The summed E-state index contributed by atoms with van der Waals surface area (Å²) < 4.78 is 8.71. The van der Waals surface area contributed by atoms with E-state index in [0.29, 0.717) is 23.3 Å². The topological polar surface area (TPSA) is 77.6 Å². The van der Waals surface area contributed by atoms with E-state index in [9.17, 15) is 0 Å². The van der Waals surface area contributed by atoms with E-state index in [2.05, 4.69) is 78.9 Å². The van der Waals surface area contributed by atoms with Crippen LogP contribution in [0.3, 0.4) is 0 Å². The maximum absolute atomic E-state index is 6.47. The molecular formula is C49H29N5OS. The number of furan rings is 1. The maximum atomic E-state index is 6.47. The van der Waals surface area contributed by atoms with Crippen molar-refractivity contribution in [3.63, 3.8) is 0 Å². The van der Waals surface area contributed by atoms with Crippen LogP contribution < -0.4 is 0 Å². The lowest BCUT2D eigenvalue weighted by Crippen LogP contribution is -2.00. The van der Waals surface area contributed by atoms with Crippen molar-refractivity contribution in [2.45, 2.75) is 0 Å². The Morgan fingerprint density at radius 3 is 1.54 bits per heavy atom. The van der Waals surface area contributed by atoms with Gasteiger partial charge in [-0.3, -0.25) is 0 Å². The first kappa shape index (κ1) is 32.1. The van der Waals surface area contributed by atoms with Crippen molar-refractivity contribution in [2.75, 3.05) is 0 Å². The Morgan fingerprint density at radius 1 is 0.375 bits per heavy atom. The second-order valence-electron chi connectivity index (χ2n) is 13.6. The van der Waals surface area contributed by atoms with E-state index in [0.717, 1.165) is 86.9 Å². The average Bonchev–Trinajstić information content (AvgIpc) is 3.85. The lowest BCUT2D eigenvalue weighted by atomic mass is 9.99. The summed E-state index contributed by atoms with van der Waals surface area (Å²) in [7, 11) is 0. The van der Waals surface area contributed by atoms with Gasteiger partial charge in [0.25, 0.3) is 0 Å². The van der Waals surface area contributed by atoms with Crippen molar-refractivity contribution in [2.24, 2.45) is 0 Å². The Bertz CT molecular complexity index is 3180. The second kappa shape index (κ2) is 13.2. The van der Waals surface area contributed by atoms with Gasteiger partial charge in [0.2, 0.25) is 0 Å². The molecular weight excluding hydrogens is 707 g/mol. The highest BCUT2D eigenvalue weighted by molar-refractivity contribution is 7.26. The van der Waals surface area contributed by atoms with Crippen LogP contribution in [0.15, 0.2) is 180 Å². The fraction of sp³-hybridized carbons (Fsp3) is 0. The van der Waals surface area contributed by atoms with E-state index in [1.807, 2.05) is 97.1 Å². The van der Waals surface area contributed by atoms with E-state index in [1.165, 1.54) is 0 Å². The molecule has 0 unspecified atom stereocenters. The number of thiophene rings is 1. The van der Waals surface area contributed by atoms with Crippen molar-refractivity contribution in [1.29, 1.82) is 0 Å². The Hall–Kier alpha value is -7.35. The van der Waals surface area contributed by atoms with E-state index < -0.39 is 0 Å². The molecule has 0 fully saturated rings. The van der Waals surface area contributed by atoms with Crippen LogP contribution in [0.1, 0.15) is 0 Å². The number of hydrogen-bond acceptors (Lipinski definition) is 7. The van der Waals surface area contributed by atoms with Gasteiger partial charge in [0.05, 0.1) is 15.9 Å². The molecule has 0 atom stereocenters. The van der Waals surface area contributed by atoms with Crippen molar-refractivity contribution in [3.8, 4) is 67.9 Å². The first-order valence-corrected chi connectivity index (χ1v) is 19.2. The molecule has 0 saturated carbocycles. The maximum Gasteiger partial charge on any atom is 0.164 e. The SMILES string of the molecule is c1ccc(-c2nc(-c3ccccc3)nc(-c3cccc4oc5ccc(-c6ccc7sc8c(-c9ccccc9)nc(-c9ccccc9)nc8c7c6)cc5c34)n2)cc1. The molecule has 7 heteroatoms. The third-order valence-electron chi connectivity index (χ3n) is 10.2. The zero-order valence-electron chi connectivity index (χ0n) is 29.8. The van der Waals surface area contributed by atoms with Crippen molar-refractivity contribution in [3.05, 3.63) is 176 Å². The first-order valence-electron chi connectivity index (χ1n) is 18.4. The summed E-state index contributed by atoms with van der Waals surface area (Å²) in [4.78, 5) is 25.4. The molecule has 56 heavy (non-hydrogen) atoms. The summed E-state index contributed by atoms with van der Waals surface area (Å²) in [6.07, 6.45) is 0. The predicted molar refractivity (Wildman–Crippen MR) is 228 cm³/mol. The molecule has 0 saturated heterocycles. The van der Waals surface area contributed by atoms with Gasteiger partial charge in [-0.2, -0.15) is 0 Å². The number of fused-ring (bicyclic) bond motifs is 6. The molecule has 4 aromatic heterocycles. The van der Waals surface area contributed by atoms with Crippen LogP contribution in [-0.4, -0.2) is 24.9 Å². The molecule has 0 bridgehead atoms. The van der Waals surface area contributed by atoms with Crippen molar-refractivity contribution < 1.29 is 4.42 Å². The van der Waals surface area contributed by atoms with Gasteiger partial charge in [-0.1, -0.05) is 146 Å². The van der Waals surface area contributed by atoms with Gasteiger partial charge in [-0.05, 0) is 41.5 Å². The number of rotatable bonds is 6. The molecule has 4 heterocycles. The summed E-state index contributed by atoms with van der Waals surface area (Å²) in [5.41, 5.74) is 10.4. The van der Waals surface area contributed by atoms with Gasteiger partial charge in [0, 0.05) is 48.7 Å². The quantitative estimate of drug-likeness (QED) is 0.169. The van der Waals surface area contributed by atoms with Crippen LogP contribution >= 0.6 is 11.3 Å². The van der Waals surface area contributed by atoms with Crippen LogP contribution in [0.25, 0.3) is 110 Å². The zero-order chi connectivity index (χ0) is 37.0. The van der Waals surface area contributed by atoms with Crippen molar-refractivity contribution in [1.82, 2.24) is 24.9 Å². The number of nitrogens with zero attached hydrogens (tertiary/aromatic N) is 5. The van der Waals surface area contributed by atoms with Gasteiger partial charge in [0.1, 0.15) is 11.2 Å². The Morgan fingerprint density at radius 2 is 0.911 bits per heavy atom. The summed E-state index contributed by atoms with van der Waals surface area (Å²) in [6, 6.07) is 59.8. The molecule has 262 valence electrons. The Kier molecular flexibility index (Phi) is 7.57. The molecule has 0 amide bonds. The minimum atomic E-state index is 0.589. The van der Waals surface area contributed by atoms with E-state index in [-0.39, 0.29) is 0 Å². The zero-order valence-corrected chi connectivity index (χ0v) is 30.6. The fourth-order valence-electron chi connectivity index (χ4n) is 7.45. The van der Waals surface area contributed by atoms with Gasteiger partial charge in [-0.25, -0.2) is 24.9 Å². The van der Waals surface area contributed by atoms with E-state index >= 15 is 0 Å². The van der Waals surface area contributed by atoms with Gasteiger partial charge >= 0.3 is 0 Å². The Balaban J connectivity index is 1.09. The third-order valence-corrected chi connectivity index (χ3v) is 11.3. The fourth-order valence-corrected chi connectivity index (χ4v) is 8.59. The molecule has 0 spiro atoms. The summed E-state index contributed by atoms with van der Waals surface area (Å²) >= 11 is 1.74. The summed E-state index contributed by atoms with van der Waals surface area (Å²) in [5, 5.41) is 3.05. The highest BCUT2D eigenvalue weighted by Gasteiger charge is 2.20.